The van der Waals surface area contributed by atoms with E-state index < -0.39 is 49.2 Å². The Hall–Kier alpha value is -2.45. The van der Waals surface area contributed by atoms with Gasteiger partial charge < -0.3 is 40.8 Å². The number of carbonyl (C=O) groups excluding carboxylic acids is 2. The second-order valence-corrected chi connectivity index (χ2v) is 7.23. The number of hydrogen-bond donors (Lipinski definition) is 3. The predicted molar refractivity (Wildman–Crippen MR) is 103 cm³/mol. The molecule has 0 aliphatic rings. The first-order valence-electron chi connectivity index (χ1n) is 9.98. The van der Waals surface area contributed by atoms with Gasteiger partial charge in [-0.1, -0.05) is 5.11 Å². The van der Waals surface area contributed by atoms with Crippen molar-refractivity contribution in [2.24, 2.45) is 11.0 Å². The molecule has 0 heterocycles. The molecule has 1 amide bonds. The van der Waals surface area contributed by atoms with E-state index in [1.165, 1.54) is 0 Å². The number of carboxylic acid groups (broad SMARTS) is 1. The van der Waals surface area contributed by atoms with Crippen molar-refractivity contribution in [1.82, 2.24) is 15.1 Å². The second kappa shape index (κ2) is 17.1. The summed E-state index contributed by atoms with van der Waals surface area (Å²) in [5.74, 6) is -2.72. The van der Waals surface area contributed by atoms with Crippen LogP contribution in [0.25, 0.3) is 10.4 Å². The first kappa shape index (κ1) is 29.5. The summed E-state index contributed by atoms with van der Waals surface area (Å²) in [6, 6.07) is 0. The van der Waals surface area contributed by atoms with E-state index in [1.54, 1.807) is 4.90 Å². The Morgan fingerprint density at radius 3 is 2.28 bits per heavy atom. The van der Waals surface area contributed by atoms with Gasteiger partial charge in [0.1, 0.15) is 0 Å². The van der Waals surface area contributed by atoms with Crippen LogP contribution in [0.4, 0.5) is 0 Å². The molecule has 32 heavy (non-hydrogen) atoms. The van der Waals surface area contributed by atoms with Crippen molar-refractivity contribution in [2.75, 3.05) is 52.4 Å². The van der Waals surface area contributed by atoms with E-state index in [1.807, 2.05) is 0 Å². The van der Waals surface area contributed by atoms with Gasteiger partial charge in [-0.15, -0.1) is 12.3 Å². The Bertz CT molecular complexity index is 593. The lowest BCUT2D eigenvalue weighted by Crippen LogP contribution is -2.48. The van der Waals surface area contributed by atoms with E-state index in [2.05, 4.69) is 21.9 Å². The van der Waals surface area contributed by atoms with Crippen LogP contribution in [0.5, 0.6) is 0 Å². The molecule has 0 aliphatic carbocycles. The summed E-state index contributed by atoms with van der Waals surface area (Å²) in [6.45, 7) is 2.60. The van der Waals surface area contributed by atoms with Crippen LogP contribution in [0.15, 0.2) is 17.5 Å². The van der Waals surface area contributed by atoms with Gasteiger partial charge in [0.15, 0.2) is 0 Å². The molecule has 0 aliphatic heterocycles. The highest BCUT2D eigenvalue weighted by molar-refractivity contribution is 5.78. The highest BCUT2D eigenvalue weighted by atomic mass is 16.5. The molecule has 3 atom stereocenters. The number of rotatable bonds is 19. The third kappa shape index (κ3) is 17.3. The third-order valence-electron chi connectivity index (χ3n) is 4.37. The van der Waals surface area contributed by atoms with Crippen molar-refractivity contribution < 1.29 is 40.2 Å². The first-order chi connectivity index (χ1) is 15.0. The minimum Gasteiger partial charge on any atom is -0.876 e. The standard InChI is InChI=1S/C18H32N6O8/c1-13(25)8-14(9-16(27)28)2-5-23(10-15(26)20-3-4-21-22-19)6-7-24(11-17(29)30)12-18(31)32/h14,16-17,25,27,29H,1-12H2,(H,20,26)(H,31,32)/q-2/p-2. The van der Waals surface area contributed by atoms with Crippen molar-refractivity contribution >= 4 is 11.9 Å². The Labute approximate surface area is 186 Å². The van der Waals surface area contributed by atoms with Crippen LogP contribution < -0.4 is 25.7 Å². The number of nitrogens with zero attached hydrogens (tertiary/aromatic N) is 5. The largest absolute Gasteiger partial charge is 0.876 e. The van der Waals surface area contributed by atoms with Crippen molar-refractivity contribution in [3.05, 3.63) is 22.8 Å². The molecule has 0 rings (SSSR count). The molecule has 0 aromatic heterocycles. The zero-order chi connectivity index (χ0) is 24.5. The maximum Gasteiger partial charge on any atom is 0.234 e. The van der Waals surface area contributed by atoms with Gasteiger partial charge in [-0.25, -0.2) is 0 Å². The van der Waals surface area contributed by atoms with Crippen molar-refractivity contribution in [3.63, 3.8) is 0 Å². The Balaban J connectivity index is 5.08. The molecular formula is C18H30N6O8-4. The maximum atomic E-state index is 12.2. The second-order valence-electron chi connectivity index (χ2n) is 7.23. The number of nitrogens with one attached hydrogen (secondary N) is 1. The van der Waals surface area contributed by atoms with Gasteiger partial charge in [-0.3, -0.25) is 14.6 Å². The summed E-state index contributed by atoms with van der Waals surface area (Å²) >= 11 is 0. The number of aliphatic hydroxyl groups excluding tert-OH is 2. The number of hydrogen-bond acceptors (Lipinski definition) is 11. The fourth-order valence-electron chi connectivity index (χ4n) is 3.02. The lowest BCUT2D eigenvalue weighted by atomic mass is 9.96. The number of allylic oxidation sites excluding steroid dienone is 1. The molecule has 3 unspecified atom stereocenters. The summed E-state index contributed by atoms with van der Waals surface area (Å²) in [7, 11) is 0. The molecular weight excluding hydrogens is 428 g/mol. The molecule has 0 aromatic rings. The summed E-state index contributed by atoms with van der Waals surface area (Å²) in [4.78, 5) is 28.4. The number of carboxylic acids is 1. The van der Waals surface area contributed by atoms with E-state index in [-0.39, 0.29) is 58.5 Å². The molecule has 0 spiro atoms. The lowest BCUT2D eigenvalue weighted by molar-refractivity contribution is -0.485. The smallest absolute Gasteiger partial charge is 0.234 e. The topological polar surface area (TPSA) is 234 Å². The van der Waals surface area contributed by atoms with Gasteiger partial charge in [-0.2, -0.15) is 0 Å². The van der Waals surface area contributed by atoms with Crippen molar-refractivity contribution in [3.8, 4) is 0 Å². The normalized spacial score (nSPS) is 13.9. The molecule has 0 radical (unpaired) electrons. The SMILES string of the molecule is C=C([O-])CC(CCN(CCN(CC(=O)[O-])CC([O-])O)CC(=O)NCCN=[N+]=[N-])CC([O-])O. The van der Waals surface area contributed by atoms with Crippen LogP contribution in [0.1, 0.15) is 19.3 Å². The van der Waals surface area contributed by atoms with E-state index >= 15 is 0 Å². The van der Waals surface area contributed by atoms with Crippen LogP contribution in [0.3, 0.4) is 0 Å². The molecule has 3 N–H and O–H groups in total. The first-order valence-corrected chi connectivity index (χ1v) is 9.98. The molecule has 0 fully saturated rings. The molecule has 0 aromatic carbocycles. The number of carbonyl (C=O) groups is 2. The highest BCUT2D eigenvalue weighted by Gasteiger charge is 2.16. The molecule has 14 nitrogen and oxygen atoms in total. The van der Waals surface area contributed by atoms with E-state index in [0.29, 0.717) is 0 Å². The van der Waals surface area contributed by atoms with Crippen LogP contribution in [0, 0.1) is 5.92 Å². The van der Waals surface area contributed by atoms with Gasteiger partial charge in [0.05, 0.1) is 12.5 Å². The van der Waals surface area contributed by atoms with Gasteiger partial charge in [0.25, 0.3) is 0 Å². The predicted octanol–water partition coefficient (Wildman–Crippen LogP) is -5.22. The third-order valence-corrected chi connectivity index (χ3v) is 4.37. The quantitative estimate of drug-likeness (QED) is 0.0415. The van der Waals surface area contributed by atoms with Crippen molar-refractivity contribution in [1.29, 1.82) is 0 Å². The van der Waals surface area contributed by atoms with E-state index in [0.717, 1.165) is 4.90 Å². The van der Waals surface area contributed by atoms with Crippen LogP contribution in [-0.4, -0.2) is 96.8 Å². The number of aliphatic hydroxyl groups is 2. The molecule has 184 valence electrons. The summed E-state index contributed by atoms with van der Waals surface area (Å²) in [6.07, 6.45) is -3.80. The number of aliphatic carboxylic acids is 1. The monoisotopic (exact) mass is 458 g/mol. The summed E-state index contributed by atoms with van der Waals surface area (Å²) in [5, 5.41) is 68.3. The average molecular weight is 458 g/mol. The van der Waals surface area contributed by atoms with E-state index in [4.69, 9.17) is 15.7 Å². The average Bonchev–Trinajstić information content (AvgIpc) is 2.65. The van der Waals surface area contributed by atoms with Gasteiger partial charge in [0, 0.05) is 44.2 Å². The van der Waals surface area contributed by atoms with Crippen LogP contribution in [0.2, 0.25) is 0 Å². The molecule has 0 bridgehead atoms. The van der Waals surface area contributed by atoms with E-state index in [9.17, 15) is 30.0 Å². The number of azide groups is 1. The van der Waals surface area contributed by atoms with Gasteiger partial charge >= 0.3 is 0 Å². The Morgan fingerprint density at radius 1 is 1.09 bits per heavy atom. The highest BCUT2D eigenvalue weighted by Crippen LogP contribution is 2.17. The fourth-order valence-corrected chi connectivity index (χ4v) is 3.02. The number of amides is 1. The molecule has 0 saturated carbocycles. The summed E-state index contributed by atoms with van der Waals surface area (Å²) < 4.78 is 0. The maximum absolute atomic E-state index is 12.2. The lowest BCUT2D eigenvalue weighted by Gasteiger charge is -2.32. The van der Waals surface area contributed by atoms with Crippen molar-refractivity contribution in [2.45, 2.75) is 31.8 Å². The summed E-state index contributed by atoms with van der Waals surface area (Å²) in [5.41, 5.74) is 8.25. The zero-order valence-electron chi connectivity index (χ0n) is 17.8. The minimum atomic E-state index is -2.02. The Kier molecular flexibility index (Phi) is 15.8. The molecule has 14 heteroatoms. The molecule has 0 saturated heterocycles. The minimum absolute atomic E-state index is 0.0163. The van der Waals surface area contributed by atoms with Crippen LogP contribution >= 0.6 is 0 Å². The van der Waals surface area contributed by atoms with Gasteiger partial charge in [-0.05, 0) is 49.8 Å². The van der Waals surface area contributed by atoms with Crippen LogP contribution in [-0.2, 0) is 9.59 Å². The van der Waals surface area contributed by atoms with Gasteiger partial charge in [0.2, 0.25) is 5.91 Å². The zero-order valence-corrected chi connectivity index (χ0v) is 17.8. The fraction of sp³-hybridized carbons (Fsp3) is 0.778. The Morgan fingerprint density at radius 2 is 1.75 bits per heavy atom.